The number of carbonyl (C=O) groups excluding carboxylic acids is 1. The van der Waals surface area contributed by atoms with Crippen LogP contribution in [0.1, 0.15) is 28.7 Å². The molecule has 0 N–H and O–H groups in total. The number of pyridine rings is 1. The molecule has 0 saturated heterocycles. The smallest absolute Gasteiger partial charge is 0.346 e. The van der Waals surface area contributed by atoms with Crippen molar-refractivity contribution >= 4 is 43.6 Å². The number of benzene rings is 1. The number of esters is 1. The second kappa shape index (κ2) is 5.77. The summed E-state index contributed by atoms with van der Waals surface area (Å²) in [5, 5.41) is 1.51. The fourth-order valence-corrected chi connectivity index (χ4v) is 3.12. The normalized spacial score (nSPS) is 11.1. The lowest BCUT2D eigenvalue weighted by Crippen LogP contribution is -2.13. The van der Waals surface area contributed by atoms with Crippen LogP contribution in [0.5, 0.6) is 0 Å². The average molecular weight is 376 g/mol. The van der Waals surface area contributed by atoms with Crippen LogP contribution in [-0.2, 0) is 4.74 Å². The second-order valence-corrected chi connectivity index (χ2v) is 6.07. The van der Waals surface area contributed by atoms with Gasteiger partial charge >= 0.3 is 11.6 Å². The van der Waals surface area contributed by atoms with Gasteiger partial charge < -0.3 is 9.15 Å². The summed E-state index contributed by atoms with van der Waals surface area (Å²) in [5.41, 5.74) is 1.27. The van der Waals surface area contributed by atoms with Crippen LogP contribution in [0.4, 0.5) is 0 Å². The zero-order chi connectivity index (χ0) is 16.7. The Bertz CT molecular complexity index is 1010. The Morgan fingerprint density at radius 3 is 2.70 bits per heavy atom. The summed E-state index contributed by atoms with van der Waals surface area (Å²) in [7, 11) is 0. The molecule has 0 aliphatic rings. The highest BCUT2D eigenvalue weighted by molar-refractivity contribution is 9.10. The lowest BCUT2D eigenvalue weighted by molar-refractivity contribution is 0.0527. The summed E-state index contributed by atoms with van der Waals surface area (Å²) in [6.07, 6.45) is 0. The van der Waals surface area contributed by atoms with Crippen molar-refractivity contribution in [3.63, 3.8) is 0 Å². The monoisotopic (exact) mass is 375 g/mol. The number of hydrogen-bond donors (Lipinski definition) is 0. The van der Waals surface area contributed by atoms with Crippen LogP contribution in [0.2, 0.25) is 0 Å². The standard InChI is InChI=1S/C17H14BrNO4/c1-4-22-16(20)13-8(2)19-9(3)14-15(13)11-7-10(18)5-6-12(11)23-17(14)21/h5-7H,4H2,1-3H3. The number of aromatic nitrogens is 1. The number of hydrogen-bond acceptors (Lipinski definition) is 5. The van der Waals surface area contributed by atoms with Crippen molar-refractivity contribution in [3.05, 3.63) is 50.0 Å². The number of fused-ring (bicyclic) bond motifs is 3. The number of halogens is 1. The van der Waals surface area contributed by atoms with Gasteiger partial charge in [-0.1, -0.05) is 15.9 Å². The Balaban J connectivity index is 2.61. The molecule has 0 unspecified atom stereocenters. The molecule has 0 aliphatic carbocycles. The van der Waals surface area contributed by atoms with Gasteiger partial charge in [-0.05, 0) is 39.0 Å². The molecule has 0 atom stereocenters. The van der Waals surface area contributed by atoms with Crippen molar-refractivity contribution in [2.75, 3.05) is 6.61 Å². The fourth-order valence-electron chi connectivity index (χ4n) is 2.76. The van der Waals surface area contributed by atoms with E-state index in [1.807, 2.05) is 6.07 Å². The summed E-state index contributed by atoms with van der Waals surface area (Å²) in [5.74, 6) is -0.491. The highest BCUT2D eigenvalue weighted by Crippen LogP contribution is 2.31. The van der Waals surface area contributed by atoms with Crippen molar-refractivity contribution in [2.45, 2.75) is 20.8 Å². The molecular formula is C17H14BrNO4. The Hall–Kier alpha value is -2.21. The van der Waals surface area contributed by atoms with Gasteiger partial charge in [0, 0.05) is 15.2 Å². The quantitative estimate of drug-likeness (QED) is 0.386. The minimum Gasteiger partial charge on any atom is -0.462 e. The van der Waals surface area contributed by atoms with E-state index in [0.717, 1.165) is 4.47 Å². The third-order valence-corrected chi connectivity index (χ3v) is 4.15. The van der Waals surface area contributed by atoms with Crippen LogP contribution in [0.15, 0.2) is 31.9 Å². The van der Waals surface area contributed by atoms with Gasteiger partial charge in [0.2, 0.25) is 0 Å². The molecule has 0 spiro atoms. The molecule has 0 amide bonds. The molecule has 0 fully saturated rings. The highest BCUT2D eigenvalue weighted by atomic mass is 79.9. The Morgan fingerprint density at radius 1 is 1.26 bits per heavy atom. The summed E-state index contributed by atoms with van der Waals surface area (Å²) in [6, 6.07) is 5.30. The fraction of sp³-hybridized carbons (Fsp3) is 0.235. The Kier molecular flexibility index (Phi) is 3.93. The van der Waals surface area contributed by atoms with Gasteiger partial charge in [0.25, 0.3) is 0 Å². The van der Waals surface area contributed by atoms with E-state index in [9.17, 15) is 9.59 Å². The van der Waals surface area contributed by atoms with Crippen molar-refractivity contribution in [1.82, 2.24) is 4.98 Å². The Morgan fingerprint density at radius 2 is 2.00 bits per heavy atom. The summed E-state index contributed by atoms with van der Waals surface area (Å²) in [4.78, 5) is 29.1. The maximum atomic E-state index is 12.4. The van der Waals surface area contributed by atoms with E-state index in [1.54, 1.807) is 32.9 Å². The molecule has 0 bridgehead atoms. The van der Waals surface area contributed by atoms with E-state index < -0.39 is 11.6 Å². The van der Waals surface area contributed by atoms with E-state index >= 15 is 0 Å². The summed E-state index contributed by atoms with van der Waals surface area (Å²) < 4.78 is 11.4. The van der Waals surface area contributed by atoms with Gasteiger partial charge in [-0.3, -0.25) is 4.98 Å². The first-order chi connectivity index (χ1) is 10.9. The molecule has 3 aromatic rings. The highest BCUT2D eigenvalue weighted by Gasteiger charge is 2.22. The first-order valence-corrected chi connectivity index (χ1v) is 7.93. The largest absolute Gasteiger partial charge is 0.462 e. The predicted octanol–water partition coefficient (Wildman–Crippen LogP) is 3.90. The van der Waals surface area contributed by atoms with Gasteiger partial charge in [0.15, 0.2) is 0 Å². The molecule has 5 nitrogen and oxygen atoms in total. The minimum absolute atomic E-state index is 0.247. The van der Waals surface area contributed by atoms with Gasteiger partial charge in [0.1, 0.15) is 5.58 Å². The maximum absolute atomic E-state index is 12.4. The molecule has 0 aliphatic heterocycles. The molecule has 118 valence electrons. The molecule has 0 saturated carbocycles. The van der Waals surface area contributed by atoms with Crippen molar-refractivity contribution in [1.29, 1.82) is 0 Å². The van der Waals surface area contributed by atoms with Crippen molar-refractivity contribution in [2.24, 2.45) is 0 Å². The van der Waals surface area contributed by atoms with E-state index in [1.165, 1.54) is 0 Å². The van der Waals surface area contributed by atoms with E-state index in [-0.39, 0.29) is 6.61 Å². The topological polar surface area (TPSA) is 69.4 Å². The van der Waals surface area contributed by atoms with Crippen LogP contribution in [0.25, 0.3) is 21.7 Å². The number of carbonyl (C=O) groups is 1. The Labute approximate surface area is 140 Å². The first-order valence-electron chi connectivity index (χ1n) is 7.14. The molecule has 23 heavy (non-hydrogen) atoms. The van der Waals surface area contributed by atoms with E-state index in [0.29, 0.717) is 38.7 Å². The zero-order valence-corrected chi connectivity index (χ0v) is 14.5. The molecule has 3 rings (SSSR count). The van der Waals surface area contributed by atoms with E-state index in [4.69, 9.17) is 9.15 Å². The molecular weight excluding hydrogens is 362 g/mol. The first kappa shape index (κ1) is 15.7. The number of nitrogens with zero attached hydrogens (tertiary/aromatic N) is 1. The molecule has 2 aromatic heterocycles. The predicted molar refractivity (Wildman–Crippen MR) is 90.9 cm³/mol. The summed E-state index contributed by atoms with van der Waals surface area (Å²) >= 11 is 3.41. The van der Waals surface area contributed by atoms with Gasteiger partial charge in [0.05, 0.1) is 28.9 Å². The van der Waals surface area contributed by atoms with Crippen LogP contribution >= 0.6 is 15.9 Å². The van der Waals surface area contributed by atoms with Crippen molar-refractivity contribution < 1.29 is 13.9 Å². The van der Waals surface area contributed by atoms with Crippen LogP contribution < -0.4 is 5.63 Å². The third kappa shape index (κ3) is 2.53. The molecule has 2 heterocycles. The summed E-state index contributed by atoms with van der Waals surface area (Å²) in [6.45, 7) is 5.44. The maximum Gasteiger partial charge on any atom is 0.346 e. The number of rotatable bonds is 2. The van der Waals surface area contributed by atoms with Crippen LogP contribution in [0, 0.1) is 13.8 Å². The number of aryl methyl sites for hydroxylation is 2. The minimum atomic E-state index is -0.509. The lowest BCUT2D eigenvalue weighted by Gasteiger charge is -2.12. The van der Waals surface area contributed by atoms with Crippen molar-refractivity contribution in [3.8, 4) is 0 Å². The van der Waals surface area contributed by atoms with Gasteiger partial charge in [-0.25, -0.2) is 9.59 Å². The van der Waals surface area contributed by atoms with Gasteiger partial charge in [-0.15, -0.1) is 0 Å². The molecule has 6 heteroatoms. The second-order valence-electron chi connectivity index (χ2n) is 5.16. The molecule has 1 aromatic carbocycles. The van der Waals surface area contributed by atoms with E-state index in [2.05, 4.69) is 20.9 Å². The average Bonchev–Trinajstić information content (AvgIpc) is 2.47. The lowest BCUT2D eigenvalue weighted by atomic mass is 10.00. The zero-order valence-electron chi connectivity index (χ0n) is 12.9. The third-order valence-electron chi connectivity index (χ3n) is 3.66. The van der Waals surface area contributed by atoms with Gasteiger partial charge in [-0.2, -0.15) is 0 Å². The van der Waals surface area contributed by atoms with Crippen LogP contribution in [-0.4, -0.2) is 17.6 Å². The van der Waals surface area contributed by atoms with Crippen LogP contribution in [0.3, 0.4) is 0 Å². The molecule has 0 radical (unpaired) electrons. The SMILES string of the molecule is CCOC(=O)c1c(C)nc(C)c2c(=O)oc3ccc(Br)cc3c12. The number of ether oxygens (including phenoxy) is 1.